The average molecular weight is 357 g/mol. The summed E-state index contributed by atoms with van der Waals surface area (Å²) in [5, 5.41) is 23.4. The fourth-order valence-electron chi connectivity index (χ4n) is 3.02. The Bertz CT molecular complexity index is 591. The Labute approximate surface area is 156 Å². The van der Waals surface area contributed by atoms with Crippen molar-refractivity contribution < 1.29 is 14.9 Å². The first-order valence-corrected chi connectivity index (χ1v) is 9.46. The monoisotopic (exact) mass is 357 g/mol. The highest BCUT2D eigenvalue weighted by Gasteiger charge is 2.28. The largest absolute Gasteiger partial charge is 0.394 e. The average Bonchev–Trinajstić information content (AvgIpc) is 2.70. The molecule has 4 nitrogen and oxygen atoms in total. The van der Waals surface area contributed by atoms with Crippen molar-refractivity contribution >= 4 is 0 Å². The van der Waals surface area contributed by atoms with E-state index >= 15 is 0 Å². The van der Waals surface area contributed by atoms with Crippen LogP contribution in [0.5, 0.6) is 0 Å². The predicted octanol–water partition coefficient (Wildman–Crippen LogP) is 3.27. The molecule has 0 aliphatic rings. The molecule has 0 unspecified atom stereocenters. The molecule has 0 radical (unpaired) electrons. The number of hydrogen-bond acceptors (Lipinski definition) is 4. The molecular formula is C22H31NO3. The van der Waals surface area contributed by atoms with Crippen molar-refractivity contribution in [2.45, 2.75) is 57.6 Å². The molecule has 26 heavy (non-hydrogen) atoms. The van der Waals surface area contributed by atoms with Crippen molar-refractivity contribution in [3.63, 3.8) is 0 Å². The molecule has 0 saturated heterocycles. The third-order valence-electron chi connectivity index (χ3n) is 4.53. The van der Waals surface area contributed by atoms with E-state index < -0.39 is 12.2 Å². The third-order valence-corrected chi connectivity index (χ3v) is 4.53. The molecule has 3 N–H and O–H groups in total. The summed E-state index contributed by atoms with van der Waals surface area (Å²) < 4.78 is 6.06. The fourth-order valence-corrected chi connectivity index (χ4v) is 3.02. The fraction of sp³-hybridized carbons (Fsp3) is 0.455. The number of benzene rings is 2. The van der Waals surface area contributed by atoms with Crippen LogP contribution in [0.1, 0.15) is 37.3 Å². The maximum atomic E-state index is 10.3. The van der Waals surface area contributed by atoms with Gasteiger partial charge in [0.2, 0.25) is 0 Å². The minimum atomic E-state index is -0.913. The van der Waals surface area contributed by atoms with Gasteiger partial charge in [0.25, 0.3) is 0 Å². The van der Waals surface area contributed by atoms with Crippen LogP contribution in [-0.4, -0.2) is 35.1 Å². The summed E-state index contributed by atoms with van der Waals surface area (Å²) >= 11 is 0. The second kappa shape index (κ2) is 11.8. The summed E-state index contributed by atoms with van der Waals surface area (Å²) in [6.07, 6.45) is 1.62. The topological polar surface area (TPSA) is 61.7 Å². The first-order chi connectivity index (χ1) is 12.7. The molecule has 0 heterocycles. The number of ether oxygens (including phenoxy) is 1. The van der Waals surface area contributed by atoms with Gasteiger partial charge in [-0.2, -0.15) is 0 Å². The summed E-state index contributed by atoms with van der Waals surface area (Å²) in [6.45, 7) is 2.96. The number of rotatable bonds is 12. The van der Waals surface area contributed by atoms with Crippen LogP contribution in [0.3, 0.4) is 0 Å². The van der Waals surface area contributed by atoms with Crippen molar-refractivity contribution in [2.75, 3.05) is 6.61 Å². The van der Waals surface area contributed by atoms with Gasteiger partial charge < -0.3 is 20.3 Å². The third kappa shape index (κ3) is 6.89. The van der Waals surface area contributed by atoms with Crippen LogP contribution in [0.4, 0.5) is 0 Å². The molecule has 0 spiro atoms. The Kier molecular flexibility index (Phi) is 9.35. The van der Waals surface area contributed by atoms with Gasteiger partial charge in [0.15, 0.2) is 0 Å². The van der Waals surface area contributed by atoms with E-state index in [1.807, 2.05) is 48.5 Å². The highest BCUT2D eigenvalue weighted by atomic mass is 16.5. The highest BCUT2D eigenvalue weighted by Crippen LogP contribution is 2.16. The van der Waals surface area contributed by atoms with Crippen molar-refractivity contribution in [1.82, 2.24) is 5.32 Å². The first-order valence-electron chi connectivity index (χ1n) is 9.46. The zero-order chi connectivity index (χ0) is 18.6. The lowest BCUT2D eigenvalue weighted by molar-refractivity contribution is -0.0831. The minimum absolute atomic E-state index is 0.0268. The lowest BCUT2D eigenvalue weighted by Crippen LogP contribution is -2.48. The van der Waals surface area contributed by atoms with E-state index in [1.165, 1.54) is 5.56 Å². The molecular weight excluding hydrogens is 326 g/mol. The van der Waals surface area contributed by atoms with Crippen LogP contribution in [0.25, 0.3) is 0 Å². The molecule has 2 rings (SSSR count). The van der Waals surface area contributed by atoms with E-state index in [9.17, 15) is 10.2 Å². The molecule has 3 atom stereocenters. The van der Waals surface area contributed by atoms with Crippen molar-refractivity contribution in [3.05, 3.63) is 71.8 Å². The second-order valence-corrected chi connectivity index (χ2v) is 6.63. The first kappa shape index (κ1) is 20.6. The van der Waals surface area contributed by atoms with Crippen LogP contribution in [0, 0.1) is 0 Å². The Balaban J connectivity index is 2.04. The molecule has 2 aromatic rings. The molecule has 0 fully saturated rings. The molecule has 0 bridgehead atoms. The molecule has 0 aliphatic heterocycles. The van der Waals surface area contributed by atoms with E-state index in [2.05, 4.69) is 24.4 Å². The van der Waals surface area contributed by atoms with Crippen LogP contribution >= 0.6 is 0 Å². The van der Waals surface area contributed by atoms with Crippen molar-refractivity contribution in [2.24, 2.45) is 0 Å². The van der Waals surface area contributed by atoms with Crippen LogP contribution < -0.4 is 5.32 Å². The summed E-state index contributed by atoms with van der Waals surface area (Å²) in [7, 11) is 0. The van der Waals surface area contributed by atoms with Gasteiger partial charge in [-0.25, -0.2) is 0 Å². The van der Waals surface area contributed by atoms with Gasteiger partial charge in [0.05, 0.1) is 13.2 Å². The second-order valence-electron chi connectivity index (χ2n) is 6.63. The maximum Gasteiger partial charge on any atom is 0.105 e. The minimum Gasteiger partial charge on any atom is -0.394 e. The predicted molar refractivity (Wildman–Crippen MR) is 105 cm³/mol. The number of aliphatic hydroxyl groups is 2. The van der Waals surface area contributed by atoms with Crippen LogP contribution in [-0.2, 0) is 17.9 Å². The summed E-state index contributed by atoms with van der Waals surface area (Å²) in [5.41, 5.74) is 2.24. The van der Waals surface area contributed by atoms with Gasteiger partial charge >= 0.3 is 0 Å². The smallest absolute Gasteiger partial charge is 0.105 e. The van der Waals surface area contributed by atoms with E-state index in [1.54, 1.807) is 0 Å². The van der Waals surface area contributed by atoms with Crippen LogP contribution in [0.15, 0.2) is 60.7 Å². The Morgan fingerprint density at radius 3 is 2.15 bits per heavy atom. The molecule has 142 valence electrons. The van der Waals surface area contributed by atoms with Crippen LogP contribution in [0.2, 0.25) is 0 Å². The lowest BCUT2D eigenvalue weighted by atomic mass is 9.99. The summed E-state index contributed by atoms with van der Waals surface area (Å²) in [4.78, 5) is 0. The zero-order valence-electron chi connectivity index (χ0n) is 15.6. The number of unbranched alkanes of at least 4 members (excludes halogenated alkanes) is 1. The molecule has 0 aromatic heterocycles. The standard InChI is InChI=1S/C22H31NO3/c1-2-3-14-20(23-15-18-10-6-4-7-11-18)22(21(25)16-24)26-17-19-12-8-5-9-13-19/h4-13,20-25H,2-3,14-17H2,1H3/t20-,21+,22+/m1/s1. The van der Waals surface area contributed by atoms with Gasteiger partial charge in [-0.05, 0) is 17.5 Å². The molecule has 0 aliphatic carbocycles. The number of nitrogens with one attached hydrogen (secondary N) is 1. The quantitative estimate of drug-likeness (QED) is 0.546. The van der Waals surface area contributed by atoms with Crippen molar-refractivity contribution in [3.8, 4) is 0 Å². The normalized spacial score (nSPS) is 14.7. The molecule has 0 amide bonds. The van der Waals surface area contributed by atoms with Crippen molar-refractivity contribution in [1.29, 1.82) is 0 Å². The molecule has 4 heteroatoms. The number of hydrogen-bond donors (Lipinski definition) is 3. The molecule has 0 saturated carbocycles. The maximum absolute atomic E-state index is 10.3. The van der Waals surface area contributed by atoms with Gasteiger partial charge in [0, 0.05) is 12.6 Å². The SMILES string of the molecule is CCCC[C@@H](NCc1ccccc1)[C@H](OCc1ccccc1)[C@@H](O)CO. The Morgan fingerprint density at radius 2 is 1.58 bits per heavy atom. The summed E-state index contributed by atoms with van der Waals surface area (Å²) in [6, 6.07) is 20.1. The van der Waals surface area contributed by atoms with Gasteiger partial charge in [0.1, 0.15) is 12.2 Å². The van der Waals surface area contributed by atoms with Gasteiger partial charge in [-0.3, -0.25) is 0 Å². The Morgan fingerprint density at radius 1 is 0.962 bits per heavy atom. The van der Waals surface area contributed by atoms with Gasteiger partial charge in [-0.1, -0.05) is 80.4 Å². The highest BCUT2D eigenvalue weighted by molar-refractivity contribution is 5.15. The van der Waals surface area contributed by atoms with E-state index in [4.69, 9.17) is 4.74 Å². The number of aliphatic hydroxyl groups excluding tert-OH is 2. The zero-order valence-corrected chi connectivity index (χ0v) is 15.6. The van der Waals surface area contributed by atoms with E-state index in [0.717, 1.165) is 24.8 Å². The van der Waals surface area contributed by atoms with Gasteiger partial charge in [-0.15, -0.1) is 0 Å². The summed E-state index contributed by atoms with van der Waals surface area (Å²) in [5.74, 6) is 0. The molecule has 2 aromatic carbocycles. The van der Waals surface area contributed by atoms with E-state index in [0.29, 0.717) is 13.2 Å². The lowest BCUT2D eigenvalue weighted by Gasteiger charge is -2.31. The van der Waals surface area contributed by atoms with E-state index in [-0.39, 0.29) is 12.6 Å². The Hall–Kier alpha value is -1.72.